The zero-order valence-corrected chi connectivity index (χ0v) is 35.6. The molecule has 4 aliphatic heterocycles. The first-order valence-electron chi connectivity index (χ1n) is 19.0. The number of hydrogen-bond donors (Lipinski definition) is 7. The Morgan fingerprint density at radius 3 is 1.44 bits per heavy atom. The van der Waals surface area contributed by atoms with Gasteiger partial charge in [-0.2, -0.15) is 0 Å². The van der Waals surface area contributed by atoms with E-state index in [-0.39, 0.29) is 6.61 Å². The van der Waals surface area contributed by atoms with Gasteiger partial charge in [-0.05, 0) is 0 Å². The Morgan fingerprint density at radius 1 is 0.609 bits per heavy atom. The van der Waals surface area contributed by atoms with E-state index in [1.807, 2.05) is 0 Å². The molecule has 20 unspecified atom stereocenters. The molecule has 64 heavy (non-hydrogen) atoms. The van der Waals surface area contributed by atoms with Gasteiger partial charge in [0.1, 0.15) is 60.9 Å². The van der Waals surface area contributed by atoms with E-state index >= 15 is 0 Å². The molecule has 0 bridgehead atoms. The summed E-state index contributed by atoms with van der Waals surface area (Å²) < 4.78 is 122. The number of carbonyl (C=O) groups is 4. The summed E-state index contributed by atoms with van der Waals surface area (Å²) in [6.07, 6.45) is -31.8. The topological polar surface area (TPSA) is 446 Å². The van der Waals surface area contributed by atoms with Crippen LogP contribution in [-0.4, -0.2) is 206 Å². The molecule has 0 aliphatic carbocycles. The third-order valence-electron chi connectivity index (χ3n) is 10.4. The van der Waals surface area contributed by atoms with Crippen LogP contribution in [0, 0.1) is 11.8 Å². The monoisotopic (exact) mass is 968 g/mol. The van der Waals surface area contributed by atoms with Crippen LogP contribution in [0.3, 0.4) is 0 Å². The van der Waals surface area contributed by atoms with Gasteiger partial charge in [0.2, 0.25) is 32.6 Å². The van der Waals surface area contributed by atoms with Crippen molar-refractivity contribution in [3.63, 3.8) is 0 Å². The van der Waals surface area contributed by atoms with Crippen LogP contribution < -0.4 is 20.8 Å². The average molecular weight is 969 g/mol. The van der Waals surface area contributed by atoms with E-state index in [4.69, 9.17) is 37.9 Å². The van der Waals surface area contributed by atoms with Crippen LogP contribution in [0.1, 0.15) is 27.7 Å². The Bertz CT molecular complexity index is 1870. The van der Waals surface area contributed by atoms with Gasteiger partial charge in [-0.3, -0.25) is 18.0 Å². The largest absolute Gasteiger partial charge is 0.726 e. The molecule has 368 valence electrons. The van der Waals surface area contributed by atoms with E-state index in [0.717, 1.165) is 13.8 Å². The molecular weight excluding hydrogens is 920 g/mol. The molecule has 0 radical (unpaired) electrons. The van der Waals surface area contributed by atoms with Crippen molar-refractivity contribution in [1.29, 1.82) is 0 Å². The fourth-order valence-electron chi connectivity index (χ4n) is 7.35. The van der Waals surface area contributed by atoms with Gasteiger partial charge in [0.05, 0.1) is 56.2 Å². The van der Waals surface area contributed by atoms with Crippen molar-refractivity contribution in [2.45, 2.75) is 138 Å². The first-order valence-corrected chi connectivity index (χ1v) is 21.7. The van der Waals surface area contributed by atoms with Crippen molar-refractivity contribution in [3.05, 3.63) is 12.7 Å². The number of aliphatic hydroxyl groups excluding tert-OH is 5. The summed E-state index contributed by atoms with van der Waals surface area (Å²) in [4.78, 5) is 49.3. The molecule has 2 amide bonds. The molecule has 0 aromatic heterocycles. The Hall–Kier alpha value is -3.16. The number of rotatable bonds is 19. The van der Waals surface area contributed by atoms with Gasteiger partial charge in [-0.25, -0.2) is 16.8 Å². The minimum absolute atomic E-state index is 0.241. The Balaban J connectivity index is 1.70. The van der Waals surface area contributed by atoms with Crippen LogP contribution >= 0.6 is 0 Å². The lowest BCUT2D eigenvalue weighted by Crippen LogP contribution is -2.70. The molecule has 4 aliphatic rings. The smallest absolute Gasteiger partial charge is 0.217 e. The fourth-order valence-corrected chi connectivity index (χ4v) is 7.95. The predicted octanol–water partition coefficient (Wildman–Crippen LogP) is -9.22. The van der Waals surface area contributed by atoms with E-state index in [9.17, 15) is 80.9 Å². The summed E-state index contributed by atoms with van der Waals surface area (Å²) in [7, 11) is -10.8. The van der Waals surface area contributed by atoms with Gasteiger partial charge in [-0.1, -0.05) is 19.9 Å². The quantitative estimate of drug-likeness (QED) is 0.0359. The minimum atomic E-state index is -5.46. The standard InChI is InChI=1S/C33H52N2O27S2/c1-6-7-53-30-16(34-12(4)36)23(10(2)14(56-30)8-54-63(47,48)49)58-33-22(42)20(40)25(27(62-33)29(45)46)60-31-17(35-13(5)37)24(11(3)15(57-31)9-55-64(50,51)52)59-32-21(41)18(38)19(39)26(61-32)28(43)44/h6,10-11,14-27,30-33,38-42H,1,7-9H2,2-5H3,(H,34,36)(H,35,37)(H,43,44)(H,45,46)(H,47,48,49)(H,50,51,52)/p-4. The molecule has 20 atom stereocenters. The van der Waals surface area contributed by atoms with E-state index in [1.165, 1.54) is 19.9 Å². The van der Waals surface area contributed by atoms with Crippen LogP contribution in [0.25, 0.3) is 0 Å². The van der Waals surface area contributed by atoms with E-state index in [0.29, 0.717) is 0 Å². The summed E-state index contributed by atoms with van der Waals surface area (Å²) >= 11 is 0. The maximum atomic E-state index is 12.7. The first kappa shape index (κ1) is 53.5. The molecule has 4 fully saturated rings. The number of carbonyl (C=O) groups excluding carboxylic acids is 4. The second-order valence-corrected chi connectivity index (χ2v) is 17.1. The van der Waals surface area contributed by atoms with Crippen molar-refractivity contribution in [1.82, 2.24) is 10.6 Å². The molecule has 4 rings (SSSR count). The number of carboxylic acids is 2. The van der Waals surface area contributed by atoms with Crippen molar-refractivity contribution in [3.8, 4) is 0 Å². The minimum Gasteiger partial charge on any atom is -0.726 e. The van der Waals surface area contributed by atoms with Crippen LogP contribution in [0.4, 0.5) is 0 Å². The number of aliphatic carboxylic acids is 2. The Labute approximate surface area is 364 Å². The highest BCUT2D eigenvalue weighted by Crippen LogP contribution is 2.37. The summed E-state index contributed by atoms with van der Waals surface area (Å²) in [5.41, 5.74) is 0. The van der Waals surface area contributed by atoms with Crippen molar-refractivity contribution >= 4 is 44.6 Å². The van der Waals surface area contributed by atoms with Crippen LogP contribution in [0.5, 0.6) is 0 Å². The number of hydrogen-bond acceptors (Lipinski definition) is 27. The summed E-state index contributed by atoms with van der Waals surface area (Å²) in [5.74, 6) is -8.30. The summed E-state index contributed by atoms with van der Waals surface area (Å²) in [5, 5.41) is 83.3. The molecule has 0 aromatic rings. The molecule has 31 heteroatoms. The highest BCUT2D eigenvalue weighted by Gasteiger charge is 2.56. The second kappa shape index (κ2) is 22.1. The van der Waals surface area contributed by atoms with Gasteiger partial charge in [-0.15, -0.1) is 6.58 Å². The Morgan fingerprint density at radius 2 is 1.02 bits per heavy atom. The third-order valence-corrected chi connectivity index (χ3v) is 11.3. The van der Waals surface area contributed by atoms with Crippen LogP contribution in [-0.2, 0) is 86.2 Å². The van der Waals surface area contributed by atoms with Gasteiger partial charge >= 0.3 is 0 Å². The second-order valence-electron chi connectivity index (χ2n) is 15.0. The molecule has 4 saturated heterocycles. The van der Waals surface area contributed by atoms with Crippen LogP contribution in [0.2, 0.25) is 0 Å². The van der Waals surface area contributed by atoms with Crippen molar-refractivity contribution < 1.29 is 127 Å². The highest BCUT2D eigenvalue weighted by molar-refractivity contribution is 7.81. The molecule has 0 aromatic carbocycles. The molecule has 0 saturated carbocycles. The normalized spacial score (nSPS) is 40.8. The lowest BCUT2D eigenvalue weighted by atomic mass is 9.88. The lowest BCUT2D eigenvalue weighted by Gasteiger charge is -2.51. The fraction of sp³-hybridized carbons (Fsp3) is 0.818. The number of ether oxygens (including phenoxy) is 8. The molecule has 29 nitrogen and oxygen atoms in total. The first-order chi connectivity index (χ1) is 29.6. The summed E-state index contributed by atoms with van der Waals surface area (Å²) in [6, 6.07) is -3.17. The van der Waals surface area contributed by atoms with Crippen molar-refractivity contribution in [2.24, 2.45) is 11.8 Å². The van der Waals surface area contributed by atoms with Gasteiger partial charge in [0.15, 0.2) is 25.2 Å². The highest BCUT2D eigenvalue weighted by atomic mass is 32.3. The number of nitrogens with one attached hydrogen (secondary N) is 2. The van der Waals surface area contributed by atoms with E-state index in [1.54, 1.807) is 0 Å². The maximum Gasteiger partial charge on any atom is 0.217 e. The van der Waals surface area contributed by atoms with Crippen molar-refractivity contribution in [2.75, 3.05) is 19.8 Å². The zero-order valence-electron chi connectivity index (χ0n) is 34.0. The lowest BCUT2D eigenvalue weighted by molar-refractivity contribution is -0.383. The van der Waals surface area contributed by atoms with Crippen LogP contribution in [0.15, 0.2) is 12.7 Å². The third kappa shape index (κ3) is 13.5. The molecule has 0 spiro atoms. The number of aliphatic hydroxyl groups is 5. The molecule has 4 heterocycles. The van der Waals surface area contributed by atoms with E-state index < -0.39 is 180 Å². The Kier molecular flexibility index (Phi) is 18.5. The average Bonchev–Trinajstić information content (AvgIpc) is 3.18. The zero-order chi connectivity index (χ0) is 48.2. The molecular formula is C33H48N2O27S2-4. The van der Waals surface area contributed by atoms with E-state index in [2.05, 4.69) is 25.6 Å². The summed E-state index contributed by atoms with van der Waals surface area (Å²) in [6.45, 7) is 5.78. The number of carboxylic acid groups (broad SMARTS) is 2. The predicted molar refractivity (Wildman–Crippen MR) is 190 cm³/mol. The SMILES string of the molecule is C=CCOC1OC(COS(=O)(=O)[O-])C(C)C(OC2OC(C(=O)[O-])C(OC3OC(COS(=O)(=O)[O-])C(C)C(OC4OC(C(=O)[O-])C(O)C(O)C4O)C3NC(C)=O)C(O)C2O)C1NC(C)=O. The van der Waals surface area contributed by atoms with Gasteiger partial charge < -0.3 is 103 Å². The van der Waals surface area contributed by atoms with Gasteiger partial charge in [0, 0.05) is 25.7 Å². The maximum absolute atomic E-state index is 12.7. The van der Waals surface area contributed by atoms with Gasteiger partial charge in [0.25, 0.3) is 0 Å². The number of amides is 2. The molecule has 7 N–H and O–H groups in total.